The lowest BCUT2D eigenvalue weighted by Gasteiger charge is -2.07. The average molecular weight is 221 g/mol. The van der Waals surface area contributed by atoms with Crippen molar-refractivity contribution in [1.29, 1.82) is 0 Å². The van der Waals surface area contributed by atoms with E-state index in [9.17, 15) is 0 Å². The van der Waals surface area contributed by atoms with Crippen LogP contribution < -0.4 is 5.73 Å². The van der Waals surface area contributed by atoms with Gasteiger partial charge in [0.15, 0.2) is 0 Å². The van der Waals surface area contributed by atoms with Gasteiger partial charge < -0.3 is 5.73 Å². The molecule has 17 heavy (non-hydrogen) atoms. The van der Waals surface area contributed by atoms with Crippen molar-refractivity contribution >= 4 is 16.5 Å². The highest BCUT2D eigenvalue weighted by molar-refractivity contribution is 5.97. The maximum atomic E-state index is 5.97. The number of pyridine rings is 2. The Kier molecular flexibility index (Phi) is 2.22. The van der Waals surface area contributed by atoms with Crippen molar-refractivity contribution in [2.45, 2.75) is 0 Å². The van der Waals surface area contributed by atoms with E-state index in [1.807, 2.05) is 42.6 Å². The van der Waals surface area contributed by atoms with Gasteiger partial charge in [0.2, 0.25) is 0 Å². The van der Waals surface area contributed by atoms with E-state index in [1.54, 1.807) is 12.4 Å². The zero-order valence-electron chi connectivity index (χ0n) is 9.17. The Bertz CT molecular complexity index is 672. The molecule has 2 heterocycles. The van der Waals surface area contributed by atoms with Gasteiger partial charge in [-0.25, -0.2) is 0 Å². The molecule has 0 spiro atoms. The minimum absolute atomic E-state index is 0.691. The number of nitrogens with two attached hydrogens (primary N) is 1. The fraction of sp³-hybridized carbons (Fsp3) is 0. The first-order chi connectivity index (χ1) is 8.36. The van der Waals surface area contributed by atoms with E-state index >= 15 is 0 Å². The zero-order valence-corrected chi connectivity index (χ0v) is 9.17. The summed E-state index contributed by atoms with van der Waals surface area (Å²) in [5.41, 5.74) is 8.52. The van der Waals surface area contributed by atoms with E-state index in [4.69, 9.17) is 5.73 Å². The Hall–Kier alpha value is -2.42. The molecule has 0 aliphatic carbocycles. The van der Waals surface area contributed by atoms with Crippen molar-refractivity contribution in [2.24, 2.45) is 0 Å². The molecule has 0 atom stereocenters. The van der Waals surface area contributed by atoms with Crippen molar-refractivity contribution in [3.05, 3.63) is 55.0 Å². The third-order valence-electron chi connectivity index (χ3n) is 2.77. The molecule has 2 N–H and O–H groups in total. The first-order valence-electron chi connectivity index (χ1n) is 5.40. The minimum Gasteiger partial charge on any atom is -0.397 e. The van der Waals surface area contributed by atoms with Crippen LogP contribution in [-0.2, 0) is 0 Å². The second-order valence-electron chi connectivity index (χ2n) is 3.84. The predicted octanol–water partition coefficient (Wildman–Crippen LogP) is 2.88. The molecule has 0 aliphatic rings. The van der Waals surface area contributed by atoms with E-state index in [0.717, 1.165) is 22.0 Å². The molecule has 3 heteroatoms. The topological polar surface area (TPSA) is 51.8 Å². The van der Waals surface area contributed by atoms with Crippen molar-refractivity contribution in [3.8, 4) is 11.3 Å². The van der Waals surface area contributed by atoms with Gasteiger partial charge in [-0.05, 0) is 23.6 Å². The maximum absolute atomic E-state index is 5.97. The summed E-state index contributed by atoms with van der Waals surface area (Å²) in [6.45, 7) is 0. The summed E-state index contributed by atoms with van der Waals surface area (Å²) in [5, 5.41) is 2.21. The summed E-state index contributed by atoms with van der Waals surface area (Å²) in [5.74, 6) is 0. The van der Waals surface area contributed by atoms with Crippen LogP contribution in [-0.4, -0.2) is 9.97 Å². The molecular formula is C14H11N3. The van der Waals surface area contributed by atoms with Crippen molar-refractivity contribution in [2.75, 3.05) is 5.73 Å². The van der Waals surface area contributed by atoms with Gasteiger partial charge in [0.05, 0.1) is 11.4 Å². The number of aromatic nitrogens is 2. The van der Waals surface area contributed by atoms with E-state index in [2.05, 4.69) is 9.97 Å². The van der Waals surface area contributed by atoms with Crippen LogP contribution in [0.1, 0.15) is 0 Å². The van der Waals surface area contributed by atoms with Crippen LogP contribution in [0.5, 0.6) is 0 Å². The van der Waals surface area contributed by atoms with Gasteiger partial charge >= 0.3 is 0 Å². The monoisotopic (exact) mass is 221 g/mol. The largest absolute Gasteiger partial charge is 0.397 e. The zero-order chi connectivity index (χ0) is 11.7. The van der Waals surface area contributed by atoms with Gasteiger partial charge in [-0.1, -0.05) is 18.2 Å². The Morgan fingerprint density at radius 3 is 2.76 bits per heavy atom. The second-order valence-corrected chi connectivity index (χ2v) is 3.84. The molecule has 3 aromatic rings. The Balaban J connectivity index is 2.35. The standard InChI is InChI=1S/C14H11N3/c15-13-5-2-7-17-14(13)12-4-1-3-10-9-16-8-6-11(10)12/h1-9H,15H2. The van der Waals surface area contributed by atoms with Gasteiger partial charge in [0, 0.05) is 29.5 Å². The van der Waals surface area contributed by atoms with Gasteiger partial charge in [0.25, 0.3) is 0 Å². The van der Waals surface area contributed by atoms with Crippen LogP contribution in [0.2, 0.25) is 0 Å². The Labute approximate surface area is 98.9 Å². The van der Waals surface area contributed by atoms with Gasteiger partial charge in [-0.2, -0.15) is 0 Å². The molecule has 0 radical (unpaired) electrons. The lowest BCUT2D eigenvalue weighted by atomic mass is 10.0. The number of anilines is 1. The third kappa shape index (κ3) is 1.61. The molecule has 3 nitrogen and oxygen atoms in total. The highest BCUT2D eigenvalue weighted by Crippen LogP contribution is 2.29. The van der Waals surface area contributed by atoms with E-state index in [-0.39, 0.29) is 0 Å². The highest BCUT2D eigenvalue weighted by atomic mass is 14.7. The van der Waals surface area contributed by atoms with Crippen LogP contribution in [0.3, 0.4) is 0 Å². The normalized spacial score (nSPS) is 10.6. The molecule has 0 fully saturated rings. The fourth-order valence-corrected chi connectivity index (χ4v) is 1.97. The number of fused-ring (bicyclic) bond motifs is 1. The first-order valence-corrected chi connectivity index (χ1v) is 5.40. The lowest BCUT2D eigenvalue weighted by molar-refractivity contribution is 1.33. The third-order valence-corrected chi connectivity index (χ3v) is 2.77. The number of rotatable bonds is 1. The second kappa shape index (κ2) is 3.87. The van der Waals surface area contributed by atoms with Crippen molar-refractivity contribution in [3.63, 3.8) is 0 Å². The van der Waals surface area contributed by atoms with Crippen LogP contribution in [0, 0.1) is 0 Å². The Morgan fingerprint density at radius 1 is 0.941 bits per heavy atom. The number of nitrogens with zero attached hydrogens (tertiary/aromatic N) is 2. The predicted molar refractivity (Wildman–Crippen MR) is 69.4 cm³/mol. The molecule has 0 saturated carbocycles. The van der Waals surface area contributed by atoms with Crippen LogP contribution in [0.4, 0.5) is 5.69 Å². The quantitative estimate of drug-likeness (QED) is 0.687. The van der Waals surface area contributed by atoms with E-state index in [1.165, 1.54) is 0 Å². The molecule has 0 amide bonds. The van der Waals surface area contributed by atoms with Crippen LogP contribution in [0.25, 0.3) is 22.0 Å². The smallest absolute Gasteiger partial charge is 0.0937 e. The summed E-state index contributed by atoms with van der Waals surface area (Å²) in [4.78, 5) is 8.47. The van der Waals surface area contributed by atoms with Crippen molar-refractivity contribution < 1.29 is 0 Å². The van der Waals surface area contributed by atoms with Gasteiger partial charge in [0.1, 0.15) is 0 Å². The Morgan fingerprint density at radius 2 is 1.88 bits per heavy atom. The number of hydrogen-bond donors (Lipinski definition) is 1. The molecule has 0 saturated heterocycles. The maximum Gasteiger partial charge on any atom is 0.0937 e. The molecule has 2 aromatic heterocycles. The van der Waals surface area contributed by atoms with Gasteiger partial charge in [-0.15, -0.1) is 0 Å². The van der Waals surface area contributed by atoms with Gasteiger partial charge in [-0.3, -0.25) is 9.97 Å². The van der Waals surface area contributed by atoms with Crippen molar-refractivity contribution in [1.82, 2.24) is 9.97 Å². The fourth-order valence-electron chi connectivity index (χ4n) is 1.97. The van der Waals surface area contributed by atoms with E-state index in [0.29, 0.717) is 5.69 Å². The molecule has 0 unspecified atom stereocenters. The highest BCUT2D eigenvalue weighted by Gasteiger charge is 2.07. The van der Waals surface area contributed by atoms with Crippen LogP contribution >= 0.6 is 0 Å². The summed E-state index contributed by atoms with van der Waals surface area (Å²) in [7, 11) is 0. The SMILES string of the molecule is Nc1cccnc1-c1cccc2cnccc12. The number of nitrogen functional groups attached to an aromatic ring is 1. The minimum atomic E-state index is 0.691. The molecular weight excluding hydrogens is 210 g/mol. The summed E-state index contributed by atoms with van der Waals surface area (Å²) in [6.07, 6.45) is 5.38. The summed E-state index contributed by atoms with van der Waals surface area (Å²) >= 11 is 0. The molecule has 1 aromatic carbocycles. The molecule has 82 valence electrons. The number of benzene rings is 1. The molecule has 0 bridgehead atoms. The lowest BCUT2D eigenvalue weighted by Crippen LogP contribution is -1.93. The van der Waals surface area contributed by atoms with E-state index < -0.39 is 0 Å². The molecule has 3 rings (SSSR count). The summed E-state index contributed by atoms with van der Waals surface area (Å²) in [6, 6.07) is 11.7. The number of hydrogen-bond acceptors (Lipinski definition) is 3. The average Bonchev–Trinajstić information content (AvgIpc) is 2.39. The first kappa shape index (κ1) is 9.78. The molecule has 0 aliphatic heterocycles. The summed E-state index contributed by atoms with van der Waals surface area (Å²) < 4.78 is 0. The van der Waals surface area contributed by atoms with Crippen LogP contribution in [0.15, 0.2) is 55.0 Å².